The molecule has 1 amide bonds. The average molecular weight is 327 g/mol. The van der Waals surface area contributed by atoms with E-state index in [4.69, 9.17) is 21.1 Å². The molecule has 122 valence electrons. The average Bonchev–Trinajstić information content (AvgIpc) is 2.52. The summed E-state index contributed by atoms with van der Waals surface area (Å²) in [6.45, 7) is 2.73. The van der Waals surface area contributed by atoms with Gasteiger partial charge in [-0.3, -0.25) is 4.79 Å². The van der Waals surface area contributed by atoms with Crippen LogP contribution in [0.1, 0.15) is 12.8 Å². The van der Waals surface area contributed by atoms with E-state index in [0.717, 1.165) is 36.6 Å². The first-order valence-corrected chi connectivity index (χ1v) is 7.94. The van der Waals surface area contributed by atoms with Gasteiger partial charge in [-0.05, 0) is 25.0 Å². The third kappa shape index (κ3) is 5.16. The summed E-state index contributed by atoms with van der Waals surface area (Å²) >= 11 is 6.25. The third-order valence-electron chi connectivity index (χ3n) is 3.64. The number of anilines is 1. The van der Waals surface area contributed by atoms with E-state index >= 15 is 0 Å². The Morgan fingerprint density at radius 1 is 1.41 bits per heavy atom. The van der Waals surface area contributed by atoms with Crippen molar-refractivity contribution in [3.05, 3.63) is 29.3 Å². The van der Waals surface area contributed by atoms with Crippen LogP contribution in [0, 0.1) is 0 Å². The van der Waals surface area contributed by atoms with Crippen molar-refractivity contribution in [1.82, 2.24) is 5.32 Å². The largest absolute Gasteiger partial charge is 0.382 e. The molecule has 6 heteroatoms. The molecule has 1 aromatic carbocycles. The standard InChI is InChI=1S/C16H23ClN2O3/c1-21-9-10-22-12-16(20)18-13-5-4-8-19(11-13)15-7-3-2-6-14(15)17/h2-3,6-7,13H,4-5,8-12H2,1H3,(H,18,20)/t13-/m0/s1. The van der Waals surface area contributed by atoms with Gasteiger partial charge in [0.2, 0.25) is 5.91 Å². The van der Waals surface area contributed by atoms with Gasteiger partial charge in [-0.1, -0.05) is 23.7 Å². The van der Waals surface area contributed by atoms with Gasteiger partial charge in [0, 0.05) is 26.2 Å². The van der Waals surface area contributed by atoms with Crippen LogP contribution in [0.5, 0.6) is 0 Å². The number of methoxy groups -OCH3 is 1. The molecule has 0 spiro atoms. The van der Waals surface area contributed by atoms with Crippen LogP contribution in [0.4, 0.5) is 5.69 Å². The number of ether oxygens (including phenoxy) is 2. The van der Waals surface area contributed by atoms with Crippen molar-refractivity contribution in [2.45, 2.75) is 18.9 Å². The van der Waals surface area contributed by atoms with E-state index in [9.17, 15) is 4.79 Å². The molecule has 1 aliphatic rings. The predicted molar refractivity (Wildman–Crippen MR) is 87.5 cm³/mol. The summed E-state index contributed by atoms with van der Waals surface area (Å²) < 4.78 is 10.1. The minimum absolute atomic E-state index is 0.0754. The Morgan fingerprint density at radius 3 is 3.00 bits per heavy atom. The fourth-order valence-corrected chi connectivity index (χ4v) is 2.85. The first-order chi connectivity index (χ1) is 10.7. The minimum atomic E-state index is -0.0814. The Bertz CT molecular complexity index is 484. The number of nitrogens with zero attached hydrogens (tertiary/aromatic N) is 1. The van der Waals surface area contributed by atoms with Gasteiger partial charge in [0.1, 0.15) is 6.61 Å². The highest BCUT2D eigenvalue weighted by Crippen LogP contribution is 2.27. The van der Waals surface area contributed by atoms with Gasteiger partial charge < -0.3 is 19.7 Å². The minimum Gasteiger partial charge on any atom is -0.382 e. The highest BCUT2D eigenvalue weighted by atomic mass is 35.5. The molecule has 1 aromatic rings. The molecule has 1 saturated heterocycles. The second-order valence-electron chi connectivity index (χ2n) is 5.35. The zero-order valence-corrected chi connectivity index (χ0v) is 13.6. The van der Waals surface area contributed by atoms with Gasteiger partial charge in [0.05, 0.1) is 23.9 Å². The van der Waals surface area contributed by atoms with Crippen LogP contribution in [0.2, 0.25) is 5.02 Å². The Kier molecular flexibility index (Phi) is 6.96. The molecular formula is C16H23ClN2O3. The fourth-order valence-electron chi connectivity index (χ4n) is 2.60. The molecule has 0 aliphatic carbocycles. The first-order valence-electron chi connectivity index (χ1n) is 7.56. The summed E-state index contributed by atoms with van der Waals surface area (Å²) in [7, 11) is 1.61. The highest BCUT2D eigenvalue weighted by Gasteiger charge is 2.22. The van der Waals surface area contributed by atoms with Crippen LogP contribution in [0.15, 0.2) is 24.3 Å². The van der Waals surface area contributed by atoms with Gasteiger partial charge in [-0.25, -0.2) is 0 Å². The number of rotatable bonds is 7. The molecular weight excluding hydrogens is 304 g/mol. The monoisotopic (exact) mass is 326 g/mol. The molecule has 0 radical (unpaired) electrons. The molecule has 0 aromatic heterocycles. The lowest BCUT2D eigenvalue weighted by Crippen LogP contribution is -2.48. The lowest BCUT2D eigenvalue weighted by atomic mass is 10.0. The lowest BCUT2D eigenvalue weighted by Gasteiger charge is -2.35. The number of carbonyl (C=O) groups is 1. The molecule has 2 rings (SSSR count). The molecule has 1 atom stereocenters. The lowest BCUT2D eigenvalue weighted by molar-refractivity contribution is -0.126. The molecule has 1 heterocycles. The number of halogens is 1. The maximum Gasteiger partial charge on any atom is 0.246 e. The SMILES string of the molecule is COCCOCC(=O)N[C@H]1CCCN(c2ccccc2Cl)C1. The zero-order chi connectivity index (χ0) is 15.8. The number of piperidine rings is 1. The number of amides is 1. The fraction of sp³-hybridized carbons (Fsp3) is 0.562. The molecule has 0 saturated carbocycles. The molecule has 1 aliphatic heterocycles. The van der Waals surface area contributed by atoms with Crippen molar-refractivity contribution in [1.29, 1.82) is 0 Å². The van der Waals surface area contributed by atoms with E-state index in [1.165, 1.54) is 0 Å². The smallest absolute Gasteiger partial charge is 0.246 e. The number of nitrogens with one attached hydrogen (secondary N) is 1. The van der Waals surface area contributed by atoms with Crippen LogP contribution < -0.4 is 10.2 Å². The third-order valence-corrected chi connectivity index (χ3v) is 3.96. The Labute approximate surface area is 136 Å². The second-order valence-corrected chi connectivity index (χ2v) is 5.76. The van der Waals surface area contributed by atoms with E-state index in [1.54, 1.807) is 7.11 Å². The quantitative estimate of drug-likeness (QED) is 0.780. The topological polar surface area (TPSA) is 50.8 Å². The summed E-state index contributed by atoms with van der Waals surface area (Å²) in [5.74, 6) is -0.0814. The Morgan fingerprint density at radius 2 is 2.23 bits per heavy atom. The number of hydrogen-bond acceptors (Lipinski definition) is 4. The van der Waals surface area contributed by atoms with Crippen LogP contribution in [-0.2, 0) is 14.3 Å². The maximum atomic E-state index is 11.9. The van der Waals surface area contributed by atoms with E-state index in [0.29, 0.717) is 13.2 Å². The van der Waals surface area contributed by atoms with E-state index < -0.39 is 0 Å². The van der Waals surface area contributed by atoms with Gasteiger partial charge in [-0.2, -0.15) is 0 Å². The van der Waals surface area contributed by atoms with Crippen LogP contribution in [-0.4, -0.2) is 52.0 Å². The van der Waals surface area contributed by atoms with Crippen molar-refractivity contribution in [2.24, 2.45) is 0 Å². The summed E-state index contributed by atoms with van der Waals surface area (Å²) in [6.07, 6.45) is 2.01. The molecule has 22 heavy (non-hydrogen) atoms. The molecule has 5 nitrogen and oxygen atoms in total. The van der Waals surface area contributed by atoms with Crippen molar-refractivity contribution in [3.8, 4) is 0 Å². The van der Waals surface area contributed by atoms with Gasteiger partial charge in [0.25, 0.3) is 0 Å². The number of para-hydroxylation sites is 1. The summed E-state index contributed by atoms with van der Waals surface area (Å²) in [6, 6.07) is 7.94. The number of benzene rings is 1. The Balaban J connectivity index is 1.81. The van der Waals surface area contributed by atoms with Gasteiger partial charge in [0.15, 0.2) is 0 Å². The zero-order valence-electron chi connectivity index (χ0n) is 12.9. The predicted octanol–water partition coefficient (Wildman–Crippen LogP) is 2.09. The van der Waals surface area contributed by atoms with E-state index in [-0.39, 0.29) is 18.6 Å². The van der Waals surface area contributed by atoms with E-state index in [2.05, 4.69) is 10.2 Å². The molecule has 0 unspecified atom stereocenters. The second kappa shape index (κ2) is 8.98. The van der Waals surface area contributed by atoms with Gasteiger partial charge >= 0.3 is 0 Å². The van der Waals surface area contributed by atoms with Crippen molar-refractivity contribution in [3.63, 3.8) is 0 Å². The highest BCUT2D eigenvalue weighted by molar-refractivity contribution is 6.33. The summed E-state index contributed by atoms with van der Waals surface area (Å²) in [5.41, 5.74) is 1.03. The normalized spacial score (nSPS) is 18.3. The summed E-state index contributed by atoms with van der Waals surface area (Å²) in [5, 5.41) is 3.77. The number of carbonyl (C=O) groups excluding carboxylic acids is 1. The van der Waals surface area contributed by atoms with E-state index in [1.807, 2.05) is 24.3 Å². The van der Waals surface area contributed by atoms with Crippen LogP contribution in [0.25, 0.3) is 0 Å². The van der Waals surface area contributed by atoms with Gasteiger partial charge in [-0.15, -0.1) is 0 Å². The van der Waals surface area contributed by atoms with Crippen molar-refractivity contribution < 1.29 is 14.3 Å². The van der Waals surface area contributed by atoms with Crippen LogP contribution >= 0.6 is 11.6 Å². The molecule has 1 N–H and O–H groups in total. The first kappa shape index (κ1) is 17.1. The summed E-state index contributed by atoms with van der Waals surface area (Å²) in [4.78, 5) is 14.1. The van der Waals surface area contributed by atoms with Crippen molar-refractivity contribution in [2.75, 3.05) is 44.9 Å². The maximum absolute atomic E-state index is 11.9. The molecule has 0 bridgehead atoms. The Hall–Kier alpha value is -1.30. The van der Waals surface area contributed by atoms with Crippen molar-refractivity contribution >= 4 is 23.2 Å². The number of hydrogen-bond donors (Lipinski definition) is 1. The van der Waals surface area contributed by atoms with Crippen LogP contribution in [0.3, 0.4) is 0 Å². The molecule has 1 fully saturated rings.